The van der Waals surface area contributed by atoms with E-state index in [1.165, 1.54) is 57.8 Å². The normalized spacial score (nSPS) is 18.7. The van der Waals surface area contributed by atoms with Crippen molar-refractivity contribution in [2.24, 2.45) is 0 Å². The molecule has 6 heteroatoms. The number of hydrogen-bond donors (Lipinski definition) is 2. The Morgan fingerprint density at radius 1 is 0.933 bits per heavy atom. The van der Waals surface area contributed by atoms with E-state index in [2.05, 4.69) is 12.2 Å². The summed E-state index contributed by atoms with van der Waals surface area (Å²) in [5, 5.41) is 11.9. The molecular formula is C24H47NO5. The molecule has 0 radical (unpaired) electrons. The molecular weight excluding hydrogens is 382 g/mol. The number of aliphatic hydroxyl groups is 1. The van der Waals surface area contributed by atoms with Crippen molar-refractivity contribution in [2.75, 3.05) is 39.5 Å². The van der Waals surface area contributed by atoms with Crippen LogP contribution in [0.5, 0.6) is 0 Å². The molecule has 1 saturated heterocycles. The lowest BCUT2D eigenvalue weighted by atomic mass is 10.1. The van der Waals surface area contributed by atoms with E-state index in [1.807, 2.05) is 0 Å². The van der Waals surface area contributed by atoms with Gasteiger partial charge < -0.3 is 24.6 Å². The third-order valence-corrected chi connectivity index (χ3v) is 5.64. The molecule has 1 fully saturated rings. The van der Waals surface area contributed by atoms with Gasteiger partial charge in [0.2, 0.25) is 0 Å². The van der Waals surface area contributed by atoms with Crippen LogP contribution < -0.4 is 5.32 Å². The van der Waals surface area contributed by atoms with Gasteiger partial charge in [0.25, 0.3) is 0 Å². The summed E-state index contributed by atoms with van der Waals surface area (Å²) in [6.07, 6.45) is 16.8. The Labute approximate surface area is 184 Å². The molecule has 0 aromatic carbocycles. The summed E-state index contributed by atoms with van der Waals surface area (Å²) in [7, 11) is 0. The zero-order chi connectivity index (χ0) is 21.7. The fraction of sp³-hybridized carbons (Fsp3) is 0.958. The summed E-state index contributed by atoms with van der Waals surface area (Å²) in [6, 6.07) is 0. The first-order chi connectivity index (χ1) is 14.8. The number of nitrogens with one attached hydrogen (secondary N) is 1. The molecule has 178 valence electrons. The van der Waals surface area contributed by atoms with Gasteiger partial charge in [0, 0.05) is 19.5 Å². The largest absolute Gasteiger partial charge is 0.463 e. The highest BCUT2D eigenvalue weighted by Gasteiger charge is 2.25. The van der Waals surface area contributed by atoms with Gasteiger partial charge in [0.15, 0.2) is 0 Å². The van der Waals surface area contributed by atoms with Gasteiger partial charge in [-0.2, -0.15) is 0 Å². The molecule has 1 aliphatic heterocycles. The second-order valence-corrected chi connectivity index (χ2v) is 8.47. The van der Waals surface area contributed by atoms with Gasteiger partial charge in [0.1, 0.15) is 6.61 Å². The minimum atomic E-state index is -0.0860. The summed E-state index contributed by atoms with van der Waals surface area (Å²) in [5.74, 6) is -0.0860. The van der Waals surface area contributed by atoms with E-state index in [9.17, 15) is 4.79 Å². The van der Waals surface area contributed by atoms with Gasteiger partial charge >= 0.3 is 5.97 Å². The molecule has 0 amide bonds. The predicted molar refractivity (Wildman–Crippen MR) is 121 cm³/mol. The molecule has 2 N–H and O–H groups in total. The van der Waals surface area contributed by atoms with E-state index in [0.29, 0.717) is 26.2 Å². The van der Waals surface area contributed by atoms with Crippen LogP contribution in [0.1, 0.15) is 96.8 Å². The van der Waals surface area contributed by atoms with Crippen LogP contribution in [0.4, 0.5) is 0 Å². The second-order valence-electron chi connectivity index (χ2n) is 8.47. The maximum Gasteiger partial charge on any atom is 0.305 e. The minimum absolute atomic E-state index is 0.0312. The van der Waals surface area contributed by atoms with Crippen LogP contribution >= 0.6 is 0 Å². The van der Waals surface area contributed by atoms with Crippen LogP contribution in [-0.2, 0) is 19.0 Å². The molecule has 0 unspecified atom stereocenters. The number of ether oxygens (including phenoxy) is 3. The van der Waals surface area contributed by atoms with Gasteiger partial charge in [-0.3, -0.25) is 4.79 Å². The average Bonchev–Trinajstić information content (AvgIpc) is 3.21. The van der Waals surface area contributed by atoms with Crippen molar-refractivity contribution >= 4 is 5.97 Å². The van der Waals surface area contributed by atoms with Crippen LogP contribution in [0.25, 0.3) is 0 Å². The van der Waals surface area contributed by atoms with Gasteiger partial charge in [-0.1, -0.05) is 71.1 Å². The SMILES string of the molecule is CCCCCCCCCCCCCC(=O)OC[C@@H]1CC[C@H](CNCCOCCO)O1. The predicted octanol–water partition coefficient (Wildman–Crippen LogP) is 4.38. The number of hydrogen-bond acceptors (Lipinski definition) is 6. The van der Waals surface area contributed by atoms with Crippen molar-refractivity contribution in [3.05, 3.63) is 0 Å². The Balaban J connectivity index is 1.86. The van der Waals surface area contributed by atoms with E-state index in [4.69, 9.17) is 19.3 Å². The highest BCUT2D eigenvalue weighted by atomic mass is 16.6. The minimum Gasteiger partial charge on any atom is -0.463 e. The van der Waals surface area contributed by atoms with Crippen LogP contribution in [0.3, 0.4) is 0 Å². The lowest BCUT2D eigenvalue weighted by Gasteiger charge is -2.14. The first-order valence-corrected chi connectivity index (χ1v) is 12.5. The van der Waals surface area contributed by atoms with Crippen molar-refractivity contribution in [3.8, 4) is 0 Å². The maximum atomic E-state index is 11.9. The first-order valence-electron chi connectivity index (χ1n) is 12.5. The molecule has 0 aliphatic carbocycles. The van der Waals surface area contributed by atoms with E-state index in [1.54, 1.807) is 0 Å². The molecule has 1 aliphatic rings. The zero-order valence-corrected chi connectivity index (χ0v) is 19.4. The first kappa shape index (κ1) is 27.3. The number of esters is 1. The maximum absolute atomic E-state index is 11.9. The number of aliphatic hydroxyl groups excluding tert-OH is 1. The van der Waals surface area contributed by atoms with Crippen LogP contribution in [0.2, 0.25) is 0 Å². The fourth-order valence-corrected chi connectivity index (χ4v) is 3.82. The Hall–Kier alpha value is -0.690. The van der Waals surface area contributed by atoms with Crippen LogP contribution in [0.15, 0.2) is 0 Å². The van der Waals surface area contributed by atoms with Crippen molar-refractivity contribution in [3.63, 3.8) is 0 Å². The van der Waals surface area contributed by atoms with E-state index in [0.717, 1.165) is 38.8 Å². The van der Waals surface area contributed by atoms with E-state index < -0.39 is 0 Å². The number of rotatable bonds is 21. The van der Waals surface area contributed by atoms with Crippen LogP contribution in [0, 0.1) is 0 Å². The fourth-order valence-electron chi connectivity index (χ4n) is 3.82. The summed E-state index contributed by atoms with van der Waals surface area (Å²) in [5.41, 5.74) is 0. The quantitative estimate of drug-likeness (QED) is 0.208. The molecule has 0 bridgehead atoms. The Morgan fingerprint density at radius 3 is 2.23 bits per heavy atom. The smallest absolute Gasteiger partial charge is 0.305 e. The standard InChI is InChI=1S/C24H47NO5/c1-2-3-4-5-6-7-8-9-10-11-12-13-24(27)29-21-23-15-14-22(30-23)20-25-16-18-28-19-17-26/h22-23,25-26H,2-21H2,1H3/t22-,23+/m1/s1. The Kier molecular flexibility index (Phi) is 18.4. The monoisotopic (exact) mass is 429 g/mol. The van der Waals surface area contributed by atoms with Gasteiger partial charge in [-0.05, 0) is 19.3 Å². The Bertz CT molecular complexity index is 394. The summed E-state index contributed by atoms with van der Waals surface area (Å²) < 4.78 is 16.5. The van der Waals surface area contributed by atoms with E-state index >= 15 is 0 Å². The van der Waals surface area contributed by atoms with Crippen molar-refractivity contribution in [1.82, 2.24) is 5.32 Å². The van der Waals surface area contributed by atoms with Crippen LogP contribution in [-0.4, -0.2) is 62.8 Å². The lowest BCUT2D eigenvalue weighted by molar-refractivity contribution is -0.147. The molecule has 0 aromatic heterocycles. The lowest BCUT2D eigenvalue weighted by Crippen LogP contribution is -2.30. The zero-order valence-electron chi connectivity index (χ0n) is 19.4. The molecule has 0 spiro atoms. The molecule has 2 atom stereocenters. The van der Waals surface area contributed by atoms with Gasteiger partial charge in [0.05, 0.1) is 32.0 Å². The molecule has 1 heterocycles. The summed E-state index contributed by atoms with van der Waals surface area (Å²) >= 11 is 0. The average molecular weight is 430 g/mol. The van der Waals surface area contributed by atoms with Gasteiger partial charge in [-0.25, -0.2) is 0 Å². The molecule has 0 saturated carbocycles. The van der Waals surface area contributed by atoms with Gasteiger partial charge in [-0.15, -0.1) is 0 Å². The summed E-state index contributed by atoms with van der Waals surface area (Å²) in [4.78, 5) is 11.9. The third-order valence-electron chi connectivity index (χ3n) is 5.64. The number of carbonyl (C=O) groups is 1. The third kappa shape index (κ3) is 16.1. The molecule has 0 aromatic rings. The summed E-state index contributed by atoms with van der Waals surface area (Å²) in [6.45, 7) is 5.21. The molecule has 1 rings (SSSR count). The van der Waals surface area contributed by atoms with E-state index in [-0.39, 0.29) is 24.8 Å². The van der Waals surface area contributed by atoms with Crippen molar-refractivity contribution in [2.45, 2.75) is 109 Å². The highest BCUT2D eigenvalue weighted by molar-refractivity contribution is 5.69. The number of carbonyl (C=O) groups excluding carboxylic acids is 1. The number of unbranched alkanes of at least 4 members (excludes halogenated alkanes) is 10. The topological polar surface area (TPSA) is 77.0 Å². The Morgan fingerprint density at radius 2 is 1.57 bits per heavy atom. The molecule has 30 heavy (non-hydrogen) atoms. The second kappa shape index (κ2) is 20.2. The molecule has 6 nitrogen and oxygen atoms in total. The van der Waals surface area contributed by atoms with Crippen molar-refractivity contribution in [1.29, 1.82) is 0 Å². The van der Waals surface area contributed by atoms with Crippen molar-refractivity contribution < 1.29 is 24.1 Å². The highest BCUT2D eigenvalue weighted by Crippen LogP contribution is 2.19.